The van der Waals surface area contributed by atoms with Crippen molar-refractivity contribution in [3.8, 4) is 5.75 Å². The maximum absolute atomic E-state index is 12.8. The monoisotopic (exact) mass is 468 g/mol. The maximum atomic E-state index is 12.8. The van der Waals surface area contributed by atoms with Crippen LogP contribution in [0.1, 0.15) is 64.7 Å². The van der Waals surface area contributed by atoms with E-state index in [4.69, 9.17) is 4.74 Å². The second-order valence-corrected chi connectivity index (χ2v) is 11.0. The van der Waals surface area contributed by atoms with Crippen molar-refractivity contribution in [1.29, 1.82) is 0 Å². The third-order valence-electron chi connectivity index (χ3n) is 8.71. The maximum Gasteiger partial charge on any atom is 0.227 e. The summed E-state index contributed by atoms with van der Waals surface area (Å²) in [5.74, 6) is 1.17. The number of carbonyl (C=O) groups is 1. The van der Waals surface area contributed by atoms with Gasteiger partial charge in [0.2, 0.25) is 5.91 Å². The first-order valence-electron chi connectivity index (χ1n) is 13.9. The first kappa shape index (κ1) is 24.1. The van der Waals surface area contributed by atoms with Crippen LogP contribution < -0.4 is 9.64 Å². The van der Waals surface area contributed by atoms with Crippen LogP contribution in [0.4, 0.5) is 5.69 Å². The lowest BCUT2D eigenvalue weighted by molar-refractivity contribution is -0.117. The average molecular weight is 469 g/mol. The molecule has 0 N–H and O–H groups in total. The highest BCUT2D eigenvalue weighted by atomic mass is 16.5. The predicted octanol–water partition coefficient (Wildman–Crippen LogP) is 4.00. The van der Waals surface area contributed by atoms with Gasteiger partial charge in [0.05, 0.1) is 12.6 Å². The van der Waals surface area contributed by atoms with E-state index in [1.807, 2.05) is 12.1 Å². The number of likely N-dealkylation sites (tertiary alicyclic amines) is 1. The van der Waals surface area contributed by atoms with E-state index in [2.05, 4.69) is 38.7 Å². The predicted molar refractivity (Wildman–Crippen MR) is 138 cm³/mol. The Morgan fingerprint density at radius 3 is 2.38 bits per heavy atom. The van der Waals surface area contributed by atoms with Crippen molar-refractivity contribution in [1.82, 2.24) is 14.7 Å². The summed E-state index contributed by atoms with van der Waals surface area (Å²) in [6.45, 7) is 11.1. The number of amides is 1. The topological polar surface area (TPSA) is 39.3 Å². The Balaban J connectivity index is 1.09. The van der Waals surface area contributed by atoms with Gasteiger partial charge in [0, 0.05) is 63.5 Å². The molecule has 0 aromatic heterocycles. The number of benzene rings is 1. The fraction of sp³-hybridized carbons (Fsp3) is 0.750. The third kappa shape index (κ3) is 5.77. The first-order chi connectivity index (χ1) is 16.7. The van der Waals surface area contributed by atoms with Gasteiger partial charge in [0.15, 0.2) is 0 Å². The third-order valence-corrected chi connectivity index (χ3v) is 8.71. The van der Waals surface area contributed by atoms with Crippen LogP contribution in [0.2, 0.25) is 0 Å². The Hall–Kier alpha value is -1.63. The smallest absolute Gasteiger partial charge is 0.227 e. The molecule has 2 atom stereocenters. The summed E-state index contributed by atoms with van der Waals surface area (Å²) in [5.41, 5.74) is 1.02. The molecule has 1 saturated carbocycles. The fourth-order valence-electron chi connectivity index (χ4n) is 6.64. The van der Waals surface area contributed by atoms with Gasteiger partial charge in [-0.05, 0) is 76.3 Å². The second kappa shape index (κ2) is 11.4. The van der Waals surface area contributed by atoms with E-state index in [0.717, 1.165) is 69.1 Å². The molecule has 3 saturated heterocycles. The molecule has 0 radical (unpaired) electrons. The number of carbonyl (C=O) groups excluding carboxylic acids is 1. The molecule has 0 bridgehead atoms. The minimum atomic E-state index is 0.267. The van der Waals surface area contributed by atoms with Gasteiger partial charge in [-0.3, -0.25) is 14.6 Å². The fourth-order valence-corrected chi connectivity index (χ4v) is 6.64. The molecule has 188 valence electrons. The number of anilines is 1. The average Bonchev–Trinajstić information content (AvgIpc) is 3.61. The zero-order chi connectivity index (χ0) is 23.3. The summed E-state index contributed by atoms with van der Waals surface area (Å²) in [6.07, 6.45) is 11.0. The van der Waals surface area contributed by atoms with Crippen molar-refractivity contribution in [3.05, 3.63) is 24.3 Å². The quantitative estimate of drug-likeness (QED) is 0.513. The molecule has 4 fully saturated rings. The van der Waals surface area contributed by atoms with Gasteiger partial charge in [-0.25, -0.2) is 0 Å². The Kier molecular flexibility index (Phi) is 8.08. The number of rotatable bonds is 9. The summed E-state index contributed by atoms with van der Waals surface area (Å²) in [6, 6.07) is 10.1. The molecule has 3 aliphatic heterocycles. The second-order valence-electron chi connectivity index (χ2n) is 11.0. The number of nitrogens with zero attached hydrogens (tertiary/aromatic N) is 4. The summed E-state index contributed by atoms with van der Waals surface area (Å²) < 4.78 is 6.00. The Labute approximate surface area is 206 Å². The lowest BCUT2D eigenvalue weighted by Crippen LogP contribution is -2.52. The molecule has 34 heavy (non-hydrogen) atoms. The van der Waals surface area contributed by atoms with Crippen LogP contribution >= 0.6 is 0 Å². The first-order valence-corrected chi connectivity index (χ1v) is 13.9. The van der Waals surface area contributed by atoms with E-state index in [9.17, 15) is 4.79 Å². The van der Waals surface area contributed by atoms with E-state index in [0.29, 0.717) is 12.5 Å². The van der Waals surface area contributed by atoms with Crippen molar-refractivity contribution in [2.24, 2.45) is 0 Å². The van der Waals surface area contributed by atoms with Crippen LogP contribution in [0.25, 0.3) is 0 Å². The van der Waals surface area contributed by atoms with E-state index in [-0.39, 0.29) is 5.91 Å². The van der Waals surface area contributed by atoms with Crippen LogP contribution in [-0.4, -0.2) is 91.2 Å². The van der Waals surface area contributed by atoms with E-state index < -0.39 is 0 Å². The van der Waals surface area contributed by atoms with Crippen molar-refractivity contribution in [3.63, 3.8) is 0 Å². The molecule has 1 aromatic rings. The largest absolute Gasteiger partial charge is 0.494 e. The molecule has 1 amide bonds. The molecule has 3 heterocycles. The van der Waals surface area contributed by atoms with Crippen LogP contribution in [0.5, 0.6) is 5.75 Å². The molecular formula is C28H44N4O2. The minimum Gasteiger partial charge on any atom is -0.494 e. The highest BCUT2D eigenvalue weighted by Crippen LogP contribution is 2.30. The van der Waals surface area contributed by atoms with Crippen LogP contribution in [0.15, 0.2) is 24.3 Å². The molecular weight excluding hydrogens is 424 g/mol. The van der Waals surface area contributed by atoms with Gasteiger partial charge in [0.1, 0.15) is 5.75 Å². The van der Waals surface area contributed by atoms with Gasteiger partial charge in [-0.2, -0.15) is 0 Å². The van der Waals surface area contributed by atoms with E-state index in [1.165, 1.54) is 58.2 Å². The SMILES string of the molecule is CC1CCCN1CCCOc1ccc(N2C(=O)CC[C@H]2CN2CCN(C3CCCC3)CC2)cc1. The van der Waals surface area contributed by atoms with Gasteiger partial charge >= 0.3 is 0 Å². The number of hydrogen-bond acceptors (Lipinski definition) is 5. The summed E-state index contributed by atoms with van der Waals surface area (Å²) in [5, 5.41) is 0. The van der Waals surface area contributed by atoms with Crippen LogP contribution in [0, 0.1) is 0 Å². The van der Waals surface area contributed by atoms with Crippen molar-refractivity contribution >= 4 is 11.6 Å². The van der Waals surface area contributed by atoms with E-state index >= 15 is 0 Å². The Bertz CT molecular complexity index is 786. The molecule has 6 heteroatoms. The number of piperazine rings is 1. The minimum absolute atomic E-state index is 0.267. The highest BCUT2D eigenvalue weighted by Gasteiger charge is 2.34. The molecule has 4 aliphatic rings. The van der Waals surface area contributed by atoms with Crippen LogP contribution in [-0.2, 0) is 4.79 Å². The summed E-state index contributed by atoms with van der Waals surface area (Å²) in [4.78, 5) is 22.7. The Morgan fingerprint density at radius 1 is 0.912 bits per heavy atom. The van der Waals surface area contributed by atoms with Crippen molar-refractivity contribution in [2.75, 3.05) is 57.3 Å². The molecule has 6 nitrogen and oxygen atoms in total. The zero-order valence-corrected chi connectivity index (χ0v) is 21.2. The van der Waals surface area contributed by atoms with Gasteiger partial charge in [0.25, 0.3) is 0 Å². The van der Waals surface area contributed by atoms with E-state index in [1.54, 1.807) is 0 Å². The summed E-state index contributed by atoms with van der Waals surface area (Å²) in [7, 11) is 0. The van der Waals surface area contributed by atoms with Gasteiger partial charge in [-0.1, -0.05) is 12.8 Å². The van der Waals surface area contributed by atoms with Gasteiger partial charge < -0.3 is 14.5 Å². The Morgan fingerprint density at radius 2 is 1.68 bits per heavy atom. The van der Waals surface area contributed by atoms with Crippen molar-refractivity contribution < 1.29 is 9.53 Å². The molecule has 1 unspecified atom stereocenters. The standard InChI is InChI=1S/C28H44N4O2/c1-23-6-4-15-30(23)16-5-21-34-27-12-9-25(10-13-27)32-26(11-14-28(32)33)22-29-17-19-31(20-18-29)24-7-2-3-8-24/h9-10,12-13,23-24,26H,2-8,11,14-22H2,1H3/t23?,26-/m0/s1. The molecule has 1 aliphatic carbocycles. The normalized spacial score (nSPS) is 27.8. The number of ether oxygens (including phenoxy) is 1. The van der Waals surface area contributed by atoms with Crippen LogP contribution in [0.3, 0.4) is 0 Å². The summed E-state index contributed by atoms with van der Waals surface area (Å²) >= 11 is 0. The molecule has 0 spiro atoms. The lowest BCUT2D eigenvalue weighted by Gasteiger charge is -2.40. The number of hydrogen-bond donors (Lipinski definition) is 0. The van der Waals surface area contributed by atoms with Gasteiger partial charge in [-0.15, -0.1) is 0 Å². The highest BCUT2D eigenvalue weighted by molar-refractivity contribution is 5.96. The van der Waals surface area contributed by atoms with Crippen molar-refractivity contribution in [2.45, 2.75) is 82.8 Å². The zero-order valence-electron chi connectivity index (χ0n) is 21.2. The molecule has 5 rings (SSSR count). The lowest BCUT2D eigenvalue weighted by atomic mass is 10.1. The molecule has 1 aromatic carbocycles.